The summed E-state index contributed by atoms with van der Waals surface area (Å²) in [5.74, 6) is 0.493. The van der Waals surface area contributed by atoms with Gasteiger partial charge in [-0.2, -0.15) is 0 Å². The van der Waals surface area contributed by atoms with Crippen molar-refractivity contribution >= 4 is 105 Å². The van der Waals surface area contributed by atoms with Gasteiger partial charge in [-0.3, -0.25) is 0 Å². The van der Waals surface area contributed by atoms with Gasteiger partial charge in [-0.15, -0.1) is 0 Å². The molecule has 2 aromatic heterocycles. The highest BCUT2D eigenvalue weighted by Crippen LogP contribution is 2.54. The monoisotopic (exact) mass is 1470 g/mol. The van der Waals surface area contributed by atoms with Gasteiger partial charge in [-0.1, -0.05) is 336 Å². The summed E-state index contributed by atoms with van der Waals surface area (Å²) < 4.78 is 10.7. The van der Waals surface area contributed by atoms with Crippen LogP contribution in [-0.2, 0) is 16.2 Å². The quantitative estimate of drug-likeness (QED) is 0.101. The Morgan fingerprint density at radius 3 is 1.55 bits per heavy atom. The second-order valence-electron chi connectivity index (χ2n) is 35.7. The molecule has 0 spiro atoms. The first-order valence-corrected chi connectivity index (χ1v) is 41.3. The Bertz CT molecular complexity index is 6930. The molecule has 0 radical (unpaired) electrons. The second kappa shape index (κ2) is 26.6. The molecule has 1 aliphatic carbocycles. The smallest absolute Gasteiger partial charge is 0.297 e. The maximum atomic E-state index is 8.00. The molecule has 21 rings (SSSR count). The number of aromatic nitrogens is 1. The van der Waals surface area contributed by atoms with E-state index in [0.29, 0.717) is 5.92 Å². The van der Waals surface area contributed by atoms with E-state index in [1.165, 1.54) is 192 Å². The summed E-state index contributed by atoms with van der Waals surface area (Å²) >= 11 is 0. The third-order valence-corrected chi connectivity index (χ3v) is 25.6. The van der Waals surface area contributed by atoms with Crippen molar-refractivity contribution in [3.63, 3.8) is 0 Å². The normalized spacial score (nSPS) is 13.8. The van der Waals surface area contributed by atoms with Crippen molar-refractivity contribution in [3.05, 3.63) is 344 Å². The molecular weight excluding hydrogens is 1380 g/mol. The Kier molecular flexibility index (Phi) is 16.2. The number of furan rings is 1. The largest absolute Gasteiger partial charge is 0.468 e. The zero-order valence-electron chi connectivity index (χ0n) is 66.6. The third-order valence-electron chi connectivity index (χ3n) is 25.6. The molecule has 4 heterocycles. The molecule has 0 saturated heterocycles. The van der Waals surface area contributed by atoms with Gasteiger partial charge in [0.1, 0.15) is 5.58 Å². The van der Waals surface area contributed by atoms with Crippen LogP contribution in [-0.4, -0.2) is 11.3 Å². The average molecular weight is 1470 g/mol. The van der Waals surface area contributed by atoms with E-state index in [1.54, 1.807) is 0 Å². The second-order valence-corrected chi connectivity index (χ2v) is 35.7. The van der Waals surface area contributed by atoms with Crippen molar-refractivity contribution in [3.8, 4) is 94.7 Å². The van der Waals surface area contributed by atoms with Crippen molar-refractivity contribution in [1.29, 1.82) is 0 Å². The lowest BCUT2D eigenvalue weighted by atomic mass is 9.35. The fourth-order valence-electron chi connectivity index (χ4n) is 19.9. The van der Waals surface area contributed by atoms with Crippen LogP contribution in [0.5, 0.6) is 0 Å². The molecule has 3 aliphatic rings. The lowest BCUT2D eigenvalue weighted by molar-refractivity contribution is 0.444. The third kappa shape index (κ3) is 11.4. The Labute approximate surface area is 669 Å². The van der Waals surface area contributed by atoms with Crippen LogP contribution in [0.2, 0.25) is 0 Å². The summed E-state index contributed by atoms with van der Waals surface area (Å²) in [6.07, 6.45) is 6.21. The predicted octanol–water partition coefficient (Wildman–Crippen LogP) is 28.9. The molecule has 0 amide bonds. The van der Waals surface area contributed by atoms with Crippen LogP contribution in [0.15, 0.2) is 326 Å². The first-order valence-electron chi connectivity index (χ1n) is 41.3. The van der Waals surface area contributed by atoms with Crippen LogP contribution in [0.3, 0.4) is 0 Å². The van der Waals surface area contributed by atoms with E-state index in [1.807, 2.05) is 0 Å². The van der Waals surface area contributed by atoms with Crippen LogP contribution in [0.4, 0.5) is 17.1 Å². The SMILES string of the molecule is CC(C)(C)c1ccc(-c2cc(N3c4cc(-c5c(-c6cccc(-c7ccccc7)c6)cc(-c6ccccc6)cc5-c5cccc(C6CCCCC6)c5)cc5c4B(c4oc6ccc(C(C)(C)C)cc6c43)c3cc4c6ccccc6c6ccccc6c4c4c6cc(-c7ccccc7-c7ccccc7)ccc6n-5c34)ccc2C(C)(C)C)cc1. The zero-order chi connectivity index (χ0) is 77.0. The molecule has 18 aromatic rings. The van der Waals surface area contributed by atoms with E-state index < -0.39 is 0 Å². The number of hydrogen-bond donors (Lipinski definition) is 0. The predicted molar refractivity (Wildman–Crippen MR) is 488 cm³/mol. The summed E-state index contributed by atoms with van der Waals surface area (Å²) in [5.41, 5.74) is 34.8. The van der Waals surface area contributed by atoms with Crippen molar-refractivity contribution in [1.82, 2.24) is 4.57 Å². The number of fused-ring (bicyclic) bond motifs is 16. The molecule has 0 bridgehead atoms. The number of anilines is 3. The van der Waals surface area contributed by atoms with Crippen molar-refractivity contribution < 1.29 is 4.42 Å². The van der Waals surface area contributed by atoms with E-state index >= 15 is 0 Å². The number of benzene rings is 16. The molecule has 2 aliphatic heterocycles. The molecule has 0 N–H and O–H groups in total. The minimum Gasteiger partial charge on any atom is -0.468 e. The molecule has 550 valence electrons. The van der Waals surface area contributed by atoms with Gasteiger partial charge >= 0.3 is 0 Å². The Morgan fingerprint density at radius 1 is 0.333 bits per heavy atom. The highest BCUT2D eigenvalue weighted by molar-refractivity contribution is 7.00. The van der Waals surface area contributed by atoms with Gasteiger partial charge in [0.15, 0.2) is 0 Å². The fourth-order valence-corrected chi connectivity index (χ4v) is 19.9. The van der Waals surface area contributed by atoms with E-state index in [9.17, 15) is 0 Å². The Morgan fingerprint density at radius 2 is 0.877 bits per heavy atom. The molecule has 0 unspecified atom stereocenters. The maximum absolute atomic E-state index is 8.00. The lowest BCUT2D eigenvalue weighted by Crippen LogP contribution is -2.60. The molecule has 16 aromatic carbocycles. The summed E-state index contributed by atoms with van der Waals surface area (Å²) in [6, 6.07) is 124. The minimum absolute atomic E-state index is 0.0185. The molecule has 114 heavy (non-hydrogen) atoms. The number of hydrogen-bond acceptors (Lipinski definition) is 2. The minimum atomic E-state index is -0.375. The molecule has 1 saturated carbocycles. The summed E-state index contributed by atoms with van der Waals surface area (Å²) in [5, 5.41) is 11.0. The number of nitrogens with zero attached hydrogens (tertiary/aromatic N) is 2. The van der Waals surface area contributed by atoms with Crippen LogP contribution in [0.25, 0.3) is 160 Å². The van der Waals surface area contributed by atoms with Gasteiger partial charge in [-0.05, 0) is 251 Å². The highest BCUT2D eigenvalue weighted by atomic mass is 16.3. The number of rotatable bonds is 10. The average Bonchev–Trinajstić information content (AvgIpc) is 1.46. The topological polar surface area (TPSA) is 21.3 Å². The van der Waals surface area contributed by atoms with Gasteiger partial charge in [-0.25, -0.2) is 0 Å². The lowest BCUT2D eigenvalue weighted by Gasteiger charge is -2.39. The van der Waals surface area contributed by atoms with Crippen molar-refractivity contribution in [2.75, 3.05) is 4.90 Å². The Hall–Kier alpha value is -12.5. The van der Waals surface area contributed by atoms with Crippen LogP contribution in [0.1, 0.15) is 123 Å². The summed E-state index contributed by atoms with van der Waals surface area (Å²) in [6.45, 7) is 20.7. The first-order chi connectivity index (χ1) is 55.4. The van der Waals surface area contributed by atoms with Crippen LogP contribution < -0.4 is 21.5 Å². The van der Waals surface area contributed by atoms with Gasteiger partial charge in [0.25, 0.3) is 6.71 Å². The van der Waals surface area contributed by atoms with Gasteiger partial charge in [0.05, 0.1) is 22.4 Å². The highest BCUT2D eigenvalue weighted by Gasteiger charge is 2.47. The van der Waals surface area contributed by atoms with Crippen molar-refractivity contribution in [2.24, 2.45) is 0 Å². The van der Waals surface area contributed by atoms with E-state index in [0.717, 1.165) is 56.0 Å². The van der Waals surface area contributed by atoms with Crippen molar-refractivity contribution in [2.45, 2.75) is 117 Å². The van der Waals surface area contributed by atoms with Crippen LogP contribution in [0, 0.1) is 0 Å². The Balaban J connectivity index is 0.962. The molecule has 4 heteroatoms. The van der Waals surface area contributed by atoms with Gasteiger partial charge in [0, 0.05) is 38.6 Å². The van der Waals surface area contributed by atoms with Gasteiger partial charge in [0.2, 0.25) is 0 Å². The van der Waals surface area contributed by atoms with E-state index in [4.69, 9.17) is 4.42 Å². The zero-order valence-corrected chi connectivity index (χ0v) is 66.6. The van der Waals surface area contributed by atoms with E-state index in [2.05, 4.69) is 393 Å². The molecule has 0 atom stereocenters. The van der Waals surface area contributed by atoms with Gasteiger partial charge < -0.3 is 13.9 Å². The maximum Gasteiger partial charge on any atom is 0.297 e. The molecule has 3 nitrogen and oxygen atoms in total. The van der Waals surface area contributed by atoms with E-state index in [-0.39, 0.29) is 23.0 Å². The first kappa shape index (κ1) is 69.5. The summed E-state index contributed by atoms with van der Waals surface area (Å²) in [7, 11) is 0. The molecular formula is C110H91BN2O. The fraction of sp³-hybridized carbons (Fsp3) is 0.164. The van der Waals surface area contributed by atoms with Crippen LogP contribution >= 0.6 is 0 Å². The molecule has 1 fully saturated rings. The summed E-state index contributed by atoms with van der Waals surface area (Å²) in [4.78, 5) is 2.67. The standard InChI is InChI=1S/C110H91BN2O/c1-108(2,3)80-51-48-72(49-52-80)89-66-82(54-55-95(89)110(7,8)9)112-98-63-79(101-90(75-40-28-38-73(58-75)68-30-14-10-15-31-68)61-78(70-34-18-12-19-35-70)62-91(101)76-41-29-39-74(59-76)69-32-16-11-17-33-69)64-99-104(98)111(107-105(112)94-65-81(109(4,5)6)53-57-100(94)114-107)96-67-92-87-46-25-24-44-85(87)86-45-26-27-47-88(86)102(92)103-93-60-77(50-56-97(93)113(99)106(96)103)84-43-23-22-42-83(84)71-36-20-13-21-37-71/h10,12-15,18-31,34-67,69H,11,16-17,32-33H2,1-9H3.